The molecule has 2 aromatic rings. The maximum atomic E-state index is 15.1. The van der Waals surface area contributed by atoms with Gasteiger partial charge in [0.15, 0.2) is 0 Å². The molecule has 1 N–H and O–H groups in total. The number of nitro groups is 1. The molecule has 0 spiro atoms. The number of amides is 1. The number of aryl methyl sites for hydroxylation is 1. The molecule has 1 amide bonds. The van der Waals surface area contributed by atoms with E-state index in [0.29, 0.717) is 24.7 Å². The summed E-state index contributed by atoms with van der Waals surface area (Å²) in [7, 11) is 0. The van der Waals surface area contributed by atoms with Crippen molar-refractivity contribution in [3.63, 3.8) is 0 Å². The van der Waals surface area contributed by atoms with E-state index in [-0.39, 0.29) is 48.9 Å². The first kappa shape index (κ1) is 28.1. The maximum Gasteiger partial charge on any atom is 0.274 e. The summed E-state index contributed by atoms with van der Waals surface area (Å²) in [6.07, 6.45) is 0.985. The third-order valence-electron chi connectivity index (χ3n) is 6.48. The third kappa shape index (κ3) is 6.86. The number of nitro benzene ring substituents is 1. The van der Waals surface area contributed by atoms with E-state index in [0.717, 1.165) is 18.9 Å². The molecular weight excluding hydrogens is 489 g/mol. The number of anilines is 3. The fourth-order valence-corrected chi connectivity index (χ4v) is 4.38. The SMILES string of the molecule is CC.Cc1cc(NC(=O)c2c(F)cc([N+](=O)[O-])cc2N2CCC(C)CC2)nc(N2CCC(F)(F)CC2)n1. The molecule has 2 saturated heterocycles. The van der Waals surface area contributed by atoms with Crippen LogP contribution in [0.3, 0.4) is 0 Å². The topological polar surface area (TPSA) is 104 Å². The second-order valence-corrected chi connectivity index (χ2v) is 9.24. The maximum absolute atomic E-state index is 15.1. The Bertz CT molecular complexity index is 1130. The Morgan fingerprint density at radius 3 is 2.30 bits per heavy atom. The summed E-state index contributed by atoms with van der Waals surface area (Å²) < 4.78 is 42.1. The van der Waals surface area contributed by atoms with Gasteiger partial charge in [-0.1, -0.05) is 20.8 Å². The van der Waals surface area contributed by atoms with Crippen LogP contribution in [0.5, 0.6) is 0 Å². The quantitative estimate of drug-likeness (QED) is 0.404. The van der Waals surface area contributed by atoms with E-state index in [1.807, 2.05) is 13.8 Å². The van der Waals surface area contributed by atoms with Crippen molar-refractivity contribution < 1.29 is 22.9 Å². The molecule has 202 valence electrons. The van der Waals surface area contributed by atoms with Gasteiger partial charge in [-0.25, -0.2) is 18.2 Å². The van der Waals surface area contributed by atoms with Crippen LogP contribution in [-0.4, -0.2) is 52.9 Å². The lowest BCUT2D eigenvalue weighted by Crippen LogP contribution is -2.40. The van der Waals surface area contributed by atoms with Gasteiger partial charge in [0.25, 0.3) is 17.5 Å². The van der Waals surface area contributed by atoms with Crippen molar-refractivity contribution in [3.05, 3.63) is 45.4 Å². The molecule has 1 aromatic carbocycles. The summed E-state index contributed by atoms with van der Waals surface area (Å²) in [6, 6.07) is 3.44. The molecular formula is C25H33F3N6O3. The molecule has 0 atom stereocenters. The minimum atomic E-state index is -2.73. The minimum absolute atomic E-state index is 0.0678. The van der Waals surface area contributed by atoms with Crippen molar-refractivity contribution in [2.45, 2.75) is 59.3 Å². The first-order valence-electron chi connectivity index (χ1n) is 12.5. The fourth-order valence-electron chi connectivity index (χ4n) is 4.38. The summed E-state index contributed by atoms with van der Waals surface area (Å²) in [4.78, 5) is 35.8. The molecule has 3 heterocycles. The van der Waals surface area contributed by atoms with Crippen LogP contribution in [0.4, 0.5) is 36.3 Å². The van der Waals surface area contributed by atoms with Gasteiger partial charge in [0.1, 0.15) is 11.6 Å². The first-order valence-corrected chi connectivity index (χ1v) is 12.5. The number of non-ortho nitro benzene ring substituents is 1. The molecule has 1 aromatic heterocycles. The standard InChI is InChI=1S/C23H27F3N6O3.C2H6/c1-14-3-7-30(8-4-14)18-13-16(32(34)35)12-17(24)20(18)21(33)28-19-11-15(2)27-22(29-19)31-9-5-23(25,26)6-10-31;1-2/h11-14H,3-10H2,1-2H3,(H,27,28,29,33);1-2H3. The predicted octanol–water partition coefficient (Wildman–Crippen LogP) is 5.58. The van der Waals surface area contributed by atoms with Gasteiger partial charge in [-0.3, -0.25) is 14.9 Å². The molecule has 0 saturated carbocycles. The number of nitrogens with zero attached hydrogens (tertiary/aromatic N) is 5. The van der Waals surface area contributed by atoms with E-state index >= 15 is 4.39 Å². The first-order chi connectivity index (χ1) is 17.5. The normalized spacial score (nSPS) is 17.6. The van der Waals surface area contributed by atoms with Crippen LogP contribution in [0.2, 0.25) is 0 Å². The van der Waals surface area contributed by atoms with Crippen molar-refractivity contribution >= 4 is 29.0 Å². The van der Waals surface area contributed by atoms with Crippen LogP contribution >= 0.6 is 0 Å². The number of carbonyl (C=O) groups excluding carboxylic acids is 1. The highest BCUT2D eigenvalue weighted by atomic mass is 19.3. The average molecular weight is 523 g/mol. The summed E-state index contributed by atoms with van der Waals surface area (Å²) in [5, 5.41) is 13.9. The van der Waals surface area contributed by atoms with Gasteiger partial charge in [0.2, 0.25) is 5.95 Å². The number of hydrogen-bond acceptors (Lipinski definition) is 7. The Kier molecular flexibility index (Phi) is 8.93. The van der Waals surface area contributed by atoms with Crippen LogP contribution in [-0.2, 0) is 0 Å². The number of rotatable bonds is 5. The van der Waals surface area contributed by atoms with Crippen molar-refractivity contribution in [2.24, 2.45) is 5.92 Å². The number of aromatic nitrogens is 2. The molecule has 0 bridgehead atoms. The van der Waals surface area contributed by atoms with E-state index in [4.69, 9.17) is 0 Å². The van der Waals surface area contributed by atoms with Crippen molar-refractivity contribution in [3.8, 4) is 0 Å². The predicted molar refractivity (Wildman–Crippen MR) is 136 cm³/mol. The number of benzene rings is 1. The smallest absolute Gasteiger partial charge is 0.274 e. The fraction of sp³-hybridized carbons (Fsp3) is 0.560. The van der Waals surface area contributed by atoms with Gasteiger partial charge < -0.3 is 15.1 Å². The second kappa shape index (κ2) is 11.7. The number of hydrogen-bond donors (Lipinski definition) is 1. The summed E-state index contributed by atoms with van der Waals surface area (Å²) in [5.41, 5.74) is -0.0854. The molecule has 0 unspecified atom stereocenters. The monoisotopic (exact) mass is 522 g/mol. The Balaban J connectivity index is 0.00000186. The van der Waals surface area contributed by atoms with Crippen LogP contribution in [0, 0.1) is 28.8 Å². The number of carbonyl (C=O) groups is 1. The highest BCUT2D eigenvalue weighted by molar-refractivity contribution is 6.08. The molecule has 2 aliphatic heterocycles. The van der Waals surface area contributed by atoms with Crippen molar-refractivity contribution in [1.29, 1.82) is 0 Å². The summed E-state index contributed by atoms with van der Waals surface area (Å²) >= 11 is 0. The van der Waals surface area contributed by atoms with Crippen LogP contribution in [0.15, 0.2) is 18.2 Å². The molecule has 0 aliphatic carbocycles. The lowest BCUT2D eigenvalue weighted by molar-refractivity contribution is -0.385. The van der Waals surface area contributed by atoms with Gasteiger partial charge in [-0.2, -0.15) is 4.98 Å². The molecule has 37 heavy (non-hydrogen) atoms. The molecule has 9 nitrogen and oxygen atoms in total. The molecule has 0 radical (unpaired) electrons. The van der Waals surface area contributed by atoms with Crippen LogP contribution in [0.25, 0.3) is 0 Å². The highest BCUT2D eigenvalue weighted by Gasteiger charge is 2.35. The number of nitrogens with one attached hydrogen (secondary N) is 1. The molecule has 12 heteroatoms. The van der Waals surface area contributed by atoms with Gasteiger partial charge >= 0.3 is 0 Å². The lowest BCUT2D eigenvalue weighted by Gasteiger charge is -2.33. The Labute approximate surface area is 214 Å². The van der Waals surface area contributed by atoms with Gasteiger partial charge in [0, 0.05) is 56.8 Å². The zero-order valence-electron chi connectivity index (χ0n) is 21.6. The van der Waals surface area contributed by atoms with Gasteiger partial charge in [0.05, 0.1) is 22.2 Å². The lowest BCUT2D eigenvalue weighted by atomic mass is 9.97. The van der Waals surface area contributed by atoms with E-state index in [1.54, 1.807) is 16.7 Å². The molecule has 2 aliphatic rings. The highest BCUT2D eigenvalue weighted by Crippen LogP contribution is 2.33. The average Bonchev–Trinajstić information content (AvgIpc) is 2.84. The van der Waals surface area contributed by atoms with E-state index in [2.05, 4.69) is 22.2 Å². The van der Waals surface area contributed by atoms with E-state index in [1.165, 1.54) is 12.1 Å². The second-order valence-electron chi connectivity index (χ2n) is 9.24. The minimum Gasteiger partial charge on any atom is -0.371 e. The zero-order chi connectivity index (χ0) is 27.3. The summed E-state index contributed by atoms with van der Waals surface area (Å²) in [5.74, 6) is -3.79. The number of halogens is 3. The Morgan fingerprint density at radius 2 is 1.70 bits per heavy atom. The van der Waals surface area contributed by atoms with E-state index < -0.39 is 28.3 Å². The van der Waals surface area contributed by atoms with Crippen molar-refractivity contribution in [2.75, 3.05) is 41.3 Å². The Hall–Kier alpha value is -3.44. The summed E-state index contributed by atoms with van der Waals surface area (Å²) in [6.45, 7) is 8.98. The van der Waals surface area contributed by atoms with Gasteiger partial charge in [-0.15, -0.1) is 0 Å². The Morgan fingerprint density at radius 1 is 1.08 bits per heavy atom. The number of alkyl halides is 2. The van der Waals surface area contributed by atoms with Gasteiger partial charge in [-0.05, 0) is 25.7 Å². The van der Waals surface area contributed by atoms with Crippen LogP contribution < -0.4 is 15.1 Å². The van der Waals surface area contributed by atoms with Crippen molar-refractivity contribution in [1.82, 2.24) is 9.97 Å². The largest absolute Gasteiger partial charge is 0.371 e. The van der Waals surface area contributed by atoms with E-state index in [9.17, 15) is 23.7 Å². The van der Waals surface area contributed by atoms with Crippen LogP contribution in [0.1, 0.15) is 62.5 Å². The third-order valence-corrected chi connectivity index (χ3v) is 6.48. The number of piperidine rings is 2. The molecule has 2 fully saturated rings. The molecule has 4 rings (SSSR count). The zero-order valence-corrected chi connectivity index (χ0v) is 21.6.